The Morgan fingerprint density at radius 3 is 2.74 bits per heavy atom. The van der Waals surface area contributed by atoms with Gasteiger partial charge in [-0.2, -0.15) is 0 Å². The molecule has 1 aliphatic heterocycles. The van der Waals surface area contributed by atoms with Crippen LogP contribution in [0.15, 0.2) is 0 Å². The summed E-state index contributed by atoms with van der Waals surface area (Å²) in [6.07, 6.45) is 5.02. The van der Waals surface area contributed by atoms with Crippen molar-refractivity contribution in [2.45, 2.75) is 58.6 Å². The van der Waals surface area contributed by atoms with Crippen LogP contribution in [0.1, 0.15) is 46.5 Å². The van der Waals surface area contributed by atoms with Crippen LogP contribution in [0.4, 0.5) is 0 Å². The second kappa shape index (κ2) is 6.23. The maximum atomic E-state index is 12.2. The van der Waals surface area contributed by atoms with Crippen molar-refractivity contribution in [1.29, 1.82) is 0 Å². The minimum atomic E-state index is -0.190. The third kappa shape index (κ3) is 3.69. The molecule has 19 heavy (non-hydrogen) atoms. The Hall–Kier alpha value is -0.610. The standard InChI is InChI=1S/C15H28N2O2/c1-11(2)9-15(5-4-6-15)10-17-14(18)13-12(3)19-8-7-16-13/h11-13,16H,4-10H2,1-3H3,(H,17,18)/t12-,13+/m1/s1. The van der Waals surface area contributed by atoms with Crippen molar-refractivity contribution >= 4 is 5.91 Å². The van der Waals surface area contributed by atoms with E-state index in [4.69, 9.17) is 4.74 Å². The molecule has 1 heterocycles. The first-order valence-corrected chi connectivity index (χ1v) is 7.65. The molecular weight excluding hydrogens is 240 g/mol. The van der Waals surface area contributed by atoms with E-state index in [1.807, 2.05) is 6.92 Å². The summed E-state index contributed by atoms with van der Waals surface area (Å²) in [5.74, 6) is 0.800. The predicted octanol–water partition coefficient (Wildman–Crippen LogP) is 1.70. The van der Waals surface area contributed by atoms with Crippen LogP contribution in [-0.4, -0.2) is 37.7 Å². The highest BCUT2D eigenvalue weighted by molar-refractivity contribution is 5.82. The lowest BCUT2D eigenvalue weighted by molar-refractivity contribution is -0.129. The Bertz CT molecular complexity index is 313. The largest absolute Gasteiger partial charge is 0.375 e. The van der Waals surface area contributed by atoms with Crippen molar-refractivity contribution in [3.8, 4) is 0 Å². The number of hydrogen-bond acceptors (Lipinski definition) is 3. The van der Waals surface area contributed by atoms with E-state index in [1.165, 1.54) is 25.7 Å². The molecular formula is C15H28N2O2. The van der Waals surface area contributed by atoms with Crippen LogP contribution in [0.3, 0.4) is 0 Å². The predicted molar refractivity (Wildman–Crippen MR) is 76.0 cm³/mol. The molecule has 2 fully saturated rings. The maximum absolute atomic E-state index is 12.2. The summed E-state index contributed by atoms with van der Waals surface area (Å²) >= 11 is 0. The zero-order valence-electron chi connectivity index (χ0n) is 12.5. The van der Waals surface area contributed by atoms with E-state index < -0.39 is 0 Å². The minimum Gasteiger partial charge on any atom is -0.375 e. The fourth-order valence-electron chi connectivity index (χ4n) is 3.41. The van der Waals surface area contributed by atoms with Gasteiger partial charge >= 0.3 is 0 Å². The molecule has 4 heteroatoms. The summed E-state index contributed by atoms with van der Waals surface area (Å²) in [6, 6.07) is -0.190. The molecule has 0 aromatic heterocycles. The third-order valence-electron chi connectivity index (χ3n) is 4.49. The van der Waals surface area contributed by atoms with Gasteiger partial charge in [0, 0.05) is 13.1 Å². The van der Waals surface area contributed by atoms with Crippen LogP contribution < -0.4 is 10.6 Å². The summed E-state index contributed by atoms with van der Waals surface area (Å²) in [5.41, 5.74) is 0.364. The first-order valence-electron chi connectivity index (χ1n) is 7.65. The first kappa shape index (κ1) is 14.8. The van der Waals surface area contributed by atoms with Crippen molar-refractivity contribution in [2.24, 2.45) is 11.3 Å². The van der Waals surface area contributed by atoms with E-state index in [0.717, 1.165) is 13.1 Å². The van der Waals surface area contributed by atoms with Gasteiger partial charge in [-0.1, -0.05) is 20.3 Å². The lowest BCUT2D eigenvalue weighted by Gasteiger charge is -2.44. The molecule has 4 nitrogen and oxygen atoms in total. The minimum absolute atomic E-state index is 0.0313. The summed E-state index contributed by atoms with van der Waals surface area (Å²) < 4.78 is 5.53. The highest BCUT2D eigenvalue weighted by atomic mass is 16.5. The van der Waals surface area contributed by atoms with Gasteiger partial charge in [-0.25, -0.2) is 0 Å². The van der Waals surface area contributed by atoms with Gasteiger partial charge in [0.1, 0.15) is 6.04 Å². The molecule has 0 spiro atoms. The van der Waals surface area contributed by atoms with Crippen LogP contribution in [-0.2, 0) is 9.53 Å². The number of ether oxygens (including phenoxy) is 1. The van der Waals surface area contributed by atoms with Gasteiger partial charge in [0.2, 0.25) is 5.91 Å². The van der Waals surface area contributed by atoms with Crippen LogP contribution >= 0.6 is 0 Å². The normalized spacial score (nSPS) is 29.9. The lowest BCUT2D eigenvalue weighted by Crippen LogP contribution is -2.57. The fourth-order valence-corrected chi connectivity index (χ4v) is 3.41. The third-order valence-corrected chi connectivity index (χ3v) is 4.49. The second-order valence-corrected chi connectivity index (χ2v) is 6.68. The highest BCUT2D eigenvalue weighted by Crippen LogP contribution is 2.45. The van der Waals surface area contributed by atoms with Crippen molar-refractivity contribution in [1.82, 2.24) is 10.6 Å². The van der Waals surface area contributed by atoms with Crippen LogP contribution in [0.2, 0.25) is 0 Å². The van der Waals surface area contributed by atoms with Crippen molar-refractivity contribution < 1.29 is 9.53 Å². The number of carbonyl (C=O) groups excluding carboxylic acids is 1. The number of amides is 1. The molecule has 1 saturated heterocycles. The Morgan fingerprint density at radius 1 is 1.47 bits per heavy atom. The van der Waals surface area contributed by atoms with E-state index in [0.29, 0.717) is 17.9 Å². The summed E-state index contributed by atoms with van der Waals surface area (Å²) in [5, 5.41) is 6.39. The molecule has 2 atom stereocenters. The maximum Gasteiger partial charge on any atom is 0.239 e. The molecule has 0 radical (unpaired) electrons. The molecule has 1 saturated carbocycles. The van der Waals surface area contributed by atoms with Gasteiger partial charge in [-0.15, -0.1) is 0 Å². The van der Waals surface area contributed by atoms with Crippen molar-refractivity contribution in [2.75, 3.05) is 19.7 Å². The molecule has 1 amide bonds. The van der Waals surface area contributed by atoms with E-state index in [9.17, 15) is 4.79 Å². The topological polar surface area (TPSA) is 50.4 Å². The van der Waals surface area contributed by atoms with Gasteiger partial charge in [0.05, 0.1) is 12.7 Å². The van der Waals surface area contributed by atoms with Gasteiger partial charge in [0.15, 0.2) is 0 Å². The van der Waals surface area contributed by atoms with Crippen LogP contribution in [0.5, 0.6) is 0 Å². The second-order valence-electron chi connectivity index (χ2n) is 6.68. The SMILES string of the molecule is CC(C)CC1(CNC(=O)[C@H]2NCCO[C@@H]2C)CCC1. The van der Waals surface area contributed by atoms with Gasteiger partial charge in [-0.3, -0.25) is 4.79 Å². The van der Waals surface area contributed by atoms with Crippen LogP contribution in [0.25, 0.3) is 0 Å². The Kier molecular flexibility index (Phi) is 4.85. The monoisotopic (exact) mass is 268 g/mol. The number of morpholine rings is 1. The number of nitrogens with one attached hydrogen (secondary N) is 2. The Balaban J connectivity index is 1.82. The summed E-state index contributed by atoms with van der Waals surface area (Å²) in [6.45, 7) is 8.78. The molecule has 1 aliphatic carbocycles. The quantitative estimate of drug-likeness (QED) is 0.798. The lowest BCUT2D eigenvalue weighted by atomic mass is 9.64. The van der Waals surface area contributed by atoms with E-state index in [-0.39, 0.29) is 18.1 Å². The zero-order chi connectivity index (χ0) is 13.9. The van der Waals surface area contributed by atoms with Gasteiger partial charge in [-0.05, 0) is 37.5 Å². The summed E-state index contributed by atoms with van der Waals surface area (Å²) in [7, 11) is 0. The zero-order valence-corrected chi connectivity index (χ0v) is 12.5. The van der Waals surface area contributed by atoms with Crippen LogP contribution in [0, 0.1) is 11.3 Å². The fraction of sp³-hybridized carbons (Fsp3) is 0.933. The number of hydrogen-bond donors (Lipinski definition) is 2. The molecule has 110 valence electrons. The molecule has 0 unspecified atom stereocenters. The Labute approximate surface area is 116 Å². The van der Waals surface area contributed by atoms with E-state index >= 15 is 0 Å². The van der Waals surface area contributed by atoms with Crippen molar-refractivity contribution in [3.05, 3.63) is 0 Å². The molecule has 0 aromatic rings. The summed E-state index contributed by atoms with van der Waals surface area (Å²) in [4.78, 5) is 12.2. The molecule has 2 N–H and O–H groups in total. The number of rotatable bonds is 5. The average molecular weight is 268 g/mol. The van der Waals surface area contributed by atoms with Gasteiger partial charge < -0.3 is 15.4 Å². The smallest absolute Gasteiger partial charge is 0.239 e. The van der Waals surface area contributed by atoms with E-state index in [1.54, 1.807) is 0 Å². The molecule has 2 aliphatic rings. The first-order chi connectivity index (χ1) is 9.02. The Morgan fingerprint density at radius 2 is 2.21 bits per heavy atom. The average Bonchev–Trinajstić information content (AvgIpc) is 2.32. The van der Waals surface area contributed by atoms with E-state index in [2.05, 4.69) is 24.5 Å². The van der Waals surface area contributed by atoms with Crippen molar-refractivity contribution in [3.63, 3.8) is 0 Å². The molecule has 0 bridgehead atoms. The van der Waals surface area contributed by atoms with Gasteiger partial charge in [0.25, 0.3) is 0 Å². The number of carbonyl (C=O) groups is 1. The highest BCUT2D eigenvalue weighted by Gasteiger charge is 2.38. The molecule has 2 rings (SSSR count). The molecule has 0 aromatic carbocycles.